The first kappa shape index (κ1) is 15.9. The van der Waals surface area contributed by atoms with Gasteiger partial charge in [0.1, 0.15) is 0 Å². The Labute approximate surface area is 103 Å². The third-order valence-corrected chi connectivity index (χ3v) is 3.42. The number of hydrogen-bond acceptors (Lipinski definition) is 2. The normalized spacial score (nSPS) is 11.8. The van der Waals surface area contributed by atoms with Crippen LogP contribution in [0.15, 0.2) is 0 Å². The van der Waals surface area contributed by atoms with Crippen LogP contribution in [0.25, 0.3) is 0 Å². The standard InChI is InChI=1S/C13H24O4/c1-4-5-6-7-8-9-13(10(2)3,11(14)15)12(16)17/h10H,4-9H2,1-3H3,(H,14,15)(H,16,17). The van der Waals surface area contributed by atoms with Gasteiger partial charge in [0, 0.05) is 0 Å². The minimum absolute atomic E-state index is 0.221. The average molecular weight is 244 g/mol. The first-order chi connectivity index (χ1) is 7.89. The van der Waals surface area contributed by atoms with Crippen LogP contribution in [0.5, 0.6) is 0 Å². The fourth-order valence-corrected chi connectivity index (χ4v) is 2.10. The van der Waals surface area contributed by atoms with Crippen LogP contribution in [-0.4, -0.2) is 22.2 Å². The van der Waals surface area contributed by atoms with Gasteiger partial charge in [-0.05, 0) is 12.3 Å². The van der Waals surface area contributed by atoms with Gasteiger partial charge in [-0.25, -0.2) is 0 Å². The van der Waals surface area contributed by atoms with Crippen LogP contribution in [0.4, 0.5) is 0 Å². The van der Waals surface area contributed by atoms with Gasteiger partial charge < -0.3 is 10.2 Å². The van der Waals surface area contributed by atoms with E-state index in [1.165, 1.54) is 0 Å². The molecule has 0 saturated carbocycles. The molecule has 0 aliphatic rings. The minimum Gasteiger partial charge on any atom is -0.480 e. The zero-order valence-electron chi connectivity index (χ0n) is 11.0. The summed E-state index contributed by atoms with van der Waals surface area (Å²) in [7, 11) is 0. The molecular weight excluding hydrogens is 220 g/mol. The van der Waals surface area contributed by atoms with Crippen molar-refractivity contribution in [2.45, 2.75) is 59.3 Å². The summed E-state index contributed by atoms with van der Waals surface area (Å²) in [6.07, 6.45) is 5.07. The molecule has 0 aliphatic carbocycles. The lowest BCUT2D eigenvalue weighted by atomic mass is 9.73. The van der Waals surface area contributed by atoms with Gasteiger partial charge in [-0.2, -0.15) is 0 Å². The average Bonchev–Trinajstić information content (AvgIpc) is 2.21. The highest BCUT2D eigenvalue weighted by Gasteiger charge is 2.48. The molecule has 4 heteroatoms. The van der Waals surface area contributed by atoms with Gasteiger partial charge >= 0.3 is 11.9 Å². The third kappa shape index (κ3) is 4.02. The summed E-state index contributed by atoms with van der Waals surface area (Å²) in [5.41, 5.74) is -1.62. The molecule has 0 aromatic carbocycles. The van der Waals surface area contributed by atoms with E-state index < -0.39 is 23.3 Å². The Morgan fingerprint density at radius 3 is 1.82 bits per heavy atom. The fourth-order valence-electron chi connectivity index (χ4n) is 2.10. The van der Waals surface area contributed by atoms with Gasteiger partial charge in [0.2, 0.25) is 0 Å². The van der Waals surface area contributed by atoms with E-state index in [9.17, 15) is 19.8 Å². The highest BCUT2D eigenvalue weighted by molar-refractivity contribution is 5.98. The second kappa shape index (κ2) is 7.30. The van der Waals surface area contributed by atoms with E-state index in [0.29, 0.717) is 6.42 Å². The summed E-state index contributed by atoms with van der Waals surface area (Å²) < 4.78 is 0. The van der Waals surface area contributed by atoms with Crippen molar-refractivity contribution in [3.8, 4) is 0 Å². The minimum atomic E-state index is -1.62. The number of rotatable bonds is 9. The largest absolute Gasteiger partial charge is 0.480 e. The van der Waals surface area contributed by atoms with Crippen molar-refractivity contribution in [1.82, 2.24) is 0 Å². The Hall–Kier alpha value is -1.06. The molecule has 17 heavy (non-hydrogen) atoms. The molecule has 0 bridgehead atoms. The third-order valence-electron chi connectivity index (χ3n) is 3.42. The van der Waals surface area contributed by atoms with Crippen molar-refractivity contribution in [1.29, 1.82) is 0 Å². The summed E-state index contributed by atoms with van der Waals surface area (Å²) in [4.78, 5) is 22.5. The van der Waals surface area contributed by atoms with Crippen molar-refractivity contribution in [2.24, 2.45) is 11.3 Å². The van der Waals surface area contributed by atoms with E-state index in [1.54, 1.807) is 13.8 Å². The smallest absolute Gasteiger partial charge is 0.321 e. The van der Waals surface area contributed by atoms with Crippen LogP contribution in [0.2, 0.25) is 0 Å². The fraction of sp³-hybridized carbons (Fsp3) is 0.846. The highest BCUT2D eigenvalue weighted by Crippen LogP contribution is 2.34. The SMILES string of the molecule is CCCCCCCC(C(=O)O)(C(=O)O)C(C)C. The van der Waals surface area contributed by atoms with Crippen molar-refractivity contribution in [2.75, 3.05) is 0 Å². The Kier molecular flexibility index (Phi) is 6.85. The Balaban J connectivity index is 4.50. The molecule has 0 aromatic rings. The number of carboxylic acid groups (broad SMARTS) is 2. The van der Waals surface area contributed by atoms with Gasteiger partial charge in [-0.15, -0.1) is 0 Å². The maximum Gasteiger partial charge on any atom is 0.321 e. The summed E-state index contributed by atoms with van der Waals surface area (Å²) >= 11 is 0. The van der Waals surface area contributed by atoms with E-state index >= 15 is 0 Å². The predicted octanol–water partition coefficient (Wildman–Crippen LogP) is 3.16. The molecule has 0 radical (unpaired) electrons. The number of aliphatic carboxylic acids is 2. The Bertz CT molecular complexity index is 244. The number of unbranched alkanes of at least 4 members (excludes halogenated alkanes) is 4. The predicted molar refractivity (Wildman–Crippen MR) is 65.9 cm³/mol. The van der Waals surface area contributed by atoms with Crippen molar-refractivity contribution in [3.05, 3.63) is 0 Å². The Morgan fingerprint density at radius 2 is 1.47 bits per heavy atom. The first-order valence-corrected chi connectivity index (χ1v) is 6.36. The zero-order chi connectivity index (χ0) is 13.5. The molecule has 0 aliphatic heterocycles. The summed E-state index contributed by atoms with van der Waals surface area (Å²) in [6.45, 7) is 5.43. The molecule has 100 valence electrons. The second-order valence-corrected chi connectivity index (χ2v) is 4.90. The van der Waals surface area contributed by atoms with Crippen molar-refractivity contribution in [3.63, 3.8) is 0 Å². The van der Waals surface area contributed by atoms with Crippen LogP contribution >= 0.6 is 0 Å². The van der Waals surface area contributed by atoms with Crippen LogP contribution in [0.3, 0.4) is 0 Å². The number of carboxylic acids is 2. The highest BCUT2D eigenvalue weighted by atomic mass is 16.4. The molecule has 0 amide bonds. The lowest BCUT2D eigenvalue weighted by Crippen LogP contribution is -2.43. The van der Waals surface area contributed by atoms with Gasteiger partial charge in [0.25, 0.3) is 0 Å². The maximum absolute atomic E-state index is 11.2. The molecule has 0 spiro atoms. The lowest BCUT2D eigenvalue weighted by molar-refractivity contribution is -0.169. The molecule has 0 unspecified atom stereocenters. The van der Waals surface area contributed by atoms with Crippen LogP contribution in [0, 0.1) is 11.3 Å². The zero-order valence-corrected chi connectivity index (χ0v) is 11.0. The number of carbonyl (C=O) groups is 2. The molecule has 0 rings (SSSR count). The van der Waals surface area contributed by atoms with E-state index in [0.717, 1.165) is 25.7 Å². The molecular formula is C13H24O4. The van der Waals surface area contributed by atoms with E-state index in [2.05, 4.69) is 6.92 Å². The molecule has 0 aromatic heterocycles. The van der Waals surface area contributed by atoms with Crippen molar-refractivity contribution < 1.29 is 19.8 Å². The molecule has 2 N–H and O–H groups in total. The van der Waals surface area contributed by atoms with E-state index in [4.69, 9.17) is 0 Å². The molecule has 0 heterocycles. The van der Waals surface area contributed by atoms with Crippen LogP contribution in [-0.2, 0) is 9.59 Å². The second-order valence-electron chi connectivity index (χ2n) is 4.90. The first-order valence-electron chi connectivity index (χ1n) is 6.36. The van der Waals surface area contributed by atoms with Gasteiger partial charge in [0.05, 0.1) is 0 Å². The molecule has 0 fully saturated rings. The van der Waals surface area contributed by atoms with Crippen molar-refractivity contribution >= 4 is 11.9 Å². The molecule has 0 saturated heterocycles. The van der Waals surface area contributed by atoms with Gasteiger partial charge in [-0.3, -0.25) is 9.59 Å². The van der Waals surface area contributed by atoms with Crippen LogP contribution in [0.1, 0.15) is 59.3 Å². The van der Waals surface area contributed by atoms with E-state index in [-0.39, 0.29) is 6.42 Å². The lowest BCUT2D eigenvalue weighted by Gasteiger charge is -2.28. The summed E-state index contributed by atoms with van der Waals surface area (Å²) in [5, 5.41) is 18.4. The topological polar surface area (TPSA) is 74.6 Å². The monoisotopic (exact) mass is 244 g/mol. The number of hydrogen-bond donors (Lipinski definition) is 2. The van der Waals surface area contributed by atoms with Gasteiger partial charge in [0.15, 0.2) is 5.41 Å². The van der Waals surface area contributed by atoms with Gasteiger partial charge in [-0.1, -0.05) is 52.9 Å². The quantitative estimate of drug-likeness (QED) is 0.482. The Morgan fingerprint density at radius 1 is 1.00 bits per heavy atom. The summed E-state index contributed by atoms with van der Waals surface area (Å²) in [6, 6.07) is 0. The maximum atomic E-state index is 11.2. The van der Waals surface area contributed by atoms with Crippen LogP contribution < -0.4 is 0 Å². The molecule has 0 atom stereocenters. The van der Waals surface area contributed by atoms with E-state index in [1.807, 2.05) is 0 Å². The summed E-state index contributed by atoms with van der Waals surface area (Å²) in [5.74, 6) is -2.82. The molecule has 4 nitrogen and oxygen atoms in total.